The van der Waals surface area contributed by atoms with Crippen LogP contribution in [0.5, 0.6) is 0 Å². The second kappa shape index (κ2) is 15.2. The lowest BCUT2D eigenvalue weighted by Crippen LogP contribution is -2.10. The summed E-state index contributed by atoms with van der Waals surface area (Å²) in [6, 6.07) is 59.0. The Kier molecular flexibility index (Phi) is 9.23. The second-order valence-electron chi connectivity index (χ2n) is 14.5. The van der Waals surface area contributed by atoms with Gasteiger partial charge in [0, 0.05) is 44.2 Å². The molecule has 10 aromatic rings. The third-order valence-corrected chi connectivity index (χ3v) is 10.7. The molecule has 0 N–H and O–H groups in total. The lowest BCUT2D eigenvalue weighted by atomic mass is 9.95. The van der Waals surface area contributed by atoms with Crippen LogP contribution >= 0.6 is 0 Å². The van der Waals surface area contributed by atoms with E-state index >= 15 is 13.2 Å². The van der Waals surface area contributed by atoms with Crippen LogP contribution in [0, 0.1) is 11.3 Å². The van der Waals surface area contributed by atoms with Gasteiger partial charge in [0.2, 0.25) is 0 Å². The Morgan fingerprint density at radius 3 is 1.33 bits per heavy atom. The van der Waals surface area contributed by atoms with Gasteiger partial charge in [0.25, 0.3) is 0 Å². The molecule has 3 heterocycles. The molecule has 0 aliphatic carbocycles. The van der Waals surface area contributed by atoms with E-state index < -0.39 is 11.7 Å². The third kappa shape index (κ3) is 6.96. The van der Waals surface area contributed by atoms with Crippen LogP contribution in [0.25, 0.3) is 95.3 Å². The maximum atomic E-state index is 15.5. The molecule has 3 aromatic heterocycles. The van der Waals surface area contributed by atoms with Gasteiger partial charge in [-0.2, -0.15) is 18.4 Å². The van der Waals surface area contributed by atoms with E-state index in [0.29, 0.717) is 50.9 Å². The molecule has 0 aliphatic heterocycles. The molecule has 290 valence electrons. The minimum absolute atomic E-state index is 0.203. The van der Waals surface area contributed by atoms with Crippen LogP contribution in [0.15, 0.2) is 188 Å². The average Bonchev–Trinajstić information content (AvgIpc) is 3.64. The Balaban J connectivity index is 1.39. The summed E-state index contributed by atoms with van der Waals surface area (Å²) in [7, 11) is 0. The number of halogens is 3. The zero-order chi connectivity index (χ0) is 41.5. The highest BCUT2D eigenvalue weighted by Crippen LogP contribution is 2.45. The number of alkyl halides is 3. The predicted molar refractivity (Wildman–Crippen MR) is 234 cm³/mol. The van der Waals surface area contributed by atoms with Crippen molar-refractivity contribution in [2.75, 3.05) is 0 Å². The number of nitrogens with zero attached hydrogens (tertiary/aromatic N) is 6. The standard InChI is InChI=1S/C52H31F3N6/c53-52(54,55)38-28-41(45-30-43(34-15-5-1-6-16-34)57-50(59-45)36-19-9-3-10-20-36)49(61-47-24-14-13-23-39(47)40-27-33(32-56)25-26-48(40)61)42(29-38)46-31-44(35-17-7-2-8-18-35)58-51(60-46)37-21-11-4-12-22-37/h1-31H. The van der Waals surface area contributed by atoms with Crippen LogP contribution in [0.4, 0.5) is 13.2 Å². The van der Waals surface area contributed by atoms with Gasteiger partial charge >= 0.3 is 6.18 Å². The summed E-state index contributed by atoms with van der Waals surface area (Å²) in [5.74, 6) is 0.699. The molecule has 0 bridgehead atoms. The van der Waals surface area contributed by atoms with Crippen molar-refractivity contribution in [3.63, 3.8) is 0 Å². The molecule has 10 rings (SSSR count). The largest absolute Gasteiger partial charge is 0.416 e. The molecular weight excluding hydrogens is 766 g/mol. The fourth-order valence-electron chi connectivity index (χ4n) is 7.83. The molecular formula is C52H31F3N6. The van der Waals surface area contributed by atoms with Crippen LogP contribution in [0.1, 0.15) is 11.1 Å². The van der Waals surface area contributed by atoms with Crippen molar-refractivity contribution in [2.45, 2.75) is 6.18 Å². The van der Waals surface area contributed by atoms with E-state index in [2.05, 4.69) is 6.07 Å². The molecule has 9 heteroatoms. The maximum absolute atomic E-state index is 15.5. The first-order valence-electron chi connectivity index (χ1n) is 19.5. The second-order valence-corrected chi connectivity index (χ2v) is 14.5. The molecule has 61 heavy (non-hydrogen) atoms. The van der Waals surface area contributed by atoms with Crippen molar-refractivity contribution in [3.8, 4) is 79.6 Å². The van der Waals surface area contributed by atoms with E-state index in [4.69, 9.17) is 19.9 Å². The fraction of sp³-hybridized carbons (Fsp3) is 0.0192. The van der Waals surface area contributed by atoms with E-state index in [-0.39, 0.29) is 22.5 Å². The summed E-state index contributed by atoms with van der Waals surface area (Å²) in [5, 5.41) is 11.6. The highest BCUT2D eigenvalue weighted by atomic mass is 19.4. The molecule has 0 unspecified atom stereocenters. The number of para-hydroxylation sites is 1. The molecule has 0 fully saturated rings. The van der Waals surface area contributed by atoms with Gasteiger partial charge < -0.3 is 4.57 Å². The van der Waals surface area contributed by atoms with E-state index in [9.17, 15) is 5.26 Å². The van der Waals surface area contributed by atoms with Gasteiger partial charge in [-0.05, 0) is 48.5 Å². The van der Waals surface area contributed by atoms with E-state index in [1.54, 1.807) is 18.2 Å². The molecule has 0 saturated carbocycles. The zero-order valence-corrected chi connectivity index (χ0v) is 32.2. The Labute approximate surface area is 348 Å². The van der Waals surface area contributed by atoms with Crippen molar-refractivity contribution < 1.29 is 13.2 Å². The van der Waals surface area contributed by atoms with Gasteiger partial charge in [-0.3, -0.25) is 0 Å². The Morgan fingerprint density at radius 2 is 0.852 bits per heavy atom. The normalized spacial score (nSPS) is 11.5. The summed E-state index contributed by atoms with van der Waals surface area (Å²) >= 11 is 0. The maximum Gasteiger partial charge on any atom is 0.416 e. The fourth-order valence-corrected chi connectivity index (χ4v) is 7.83. The van der Waals surface area contributed by atoms with Crippen LogP contribution < -0.4 is 0 Å². The van der Waals surface area contributed by atoms with E-state index in [1.807, 2.05) is 162 Å². The molecule has 7 aromatic carbocycles. The van der Waals surface area contributed by atoms with Crippen molar-refractivity contribution in [1.29, 1.82) is 5.26 Å². The molecule has 0 spiro atoms. The highest BCUT2D eigenvalue weighted by Gasteiger charge is 2.34. The van der Waals surface area contributed by atoms with Crippen LogP contribution in [0.3, 0.4) is 0 Å². The van der Waals surface area contributed by atoms with E-state index in [0.717, 1.165) is 27.4 Å². The number of hydrogen-bond acceptors (Lipinski definition) is 5. The number of fused-ring (bicyclic) bond motifs is 3. The van der Waals surface area contributed by atoms with Gasteiger partial charge in [0.1, 0.15) is 0 Å². The number of rotatable bonds is 7. The van der Waals surface area contributed by atoms with Crippen molar-refractivity contribution in [3.05, 3.63) is 199 Å². The van der Waals surface area contributed by atoms with Gasteiger partial charge in [0.15, 0.2) is 11.6 Å². The SMILES string of the molecule is N#Cc1ccc2c(c1)c1ccccc1n2-c1c(-c2cc(-c3ccccc3)nc(-c3ccccc3)n2)cc(C(F)(F)F)cc1-c1cc(-c2ccccc2)nc(-c2ccccc2)n1. The topological polar surface area (TPSA) is 80.3 Å². The first-order chi connectivity index (χ1) is 29.8. The molecule has 0 aliphatic rings. The number of benzene rings is 7. The predicted octanol–water partition coefficient (Wildman–Crippen LogP) is 13.3. The molecule has 0 saturated heterocycles. The minimum atomic E-state index is -4.76. The van der Waals surface area contributed by atoms with Gasteiger partial charge in [-0.25, -0.2) is 19.9 Å². The van der Waals surface area contributed by atoms with Crippen LogP contribution in [-0.2, 0) is 6.18 Å². The van der Waals surface area contributed by atoms with Gasteiger partial charge in [0.05, 0.1) is 56.7 Å². The third-order valence-electron chi connectivity index (χ3n) is 10.7. The smallest absolute Gasteiger partial charge is 0.308 e. The average molecular weight is 797 g/mol. The summed E-state index contributed by atoms with van der Waals surface area (Å²) in [6.07, 6.45) is -4.76. The van der Waals surface area contributed by atoms with Gasteiger partial charge in [-0.1, -0.05) is 140 Å². The summed E-state index contributed by atoms with van der Waals surface area (Å²) in [5.41, 5.74) is 6.37. The Hall–Kier alpha value is -8.22. The van der Waals surface area contributed by atoms with Crippen molar-refractivity contribution in [2.24, 2.45) is 0 Å². The molecule has 0 amide bonds. The van der Waals surface area contributed by atoms with E-state index in [1.165, 1.54) is 12.1 Å². The van der Waals surface area contributed by atoms with Gasteiger partial charge in [-0.15, -0.1) is 0 Å². The molecule has 0 atom stereocenters. The first kappa shape index (κ1) is 37.1. The quantitative estimate of drug-likeness (QED) is 0.160. The summed E-state index contributed by atoms with van der Waals surface area (Å²) < 4.78 is 48.5. The van der Waals surface area contributed by atoms with Crippen LogP contribution in [-0.4, -0.2) is 24.5 Å². The number of aromatic nitrogens is 5. The minimum Gasteiger partial charge on any atom is -0.308 e. The summed E-state index contributed by atoms with van der Waals surface area (Å²) in [4.78, 5) is 20.1. The molecule has 6 nitrogen and oxygen atoms in total. The number of nitriles is 1. The lowest BCUT2D eigenvalue weighted by Gasteiger charge is -2.22. The molecule has 0 radical (unpaired) electrons. The zero-order valence-electron chi connectivity index (χ0n) is 32.2. The summed E-state index contributed by atoms with van der Waals surface area (Å²) in [6.45, 7) is 0. The lowest BCUT2D eigenvalue weighted by molar-refractivity contribution is -0.137. The highest BCUT2D eigenvalue weighted by molar-refractivity contribution is 6.11. The Bertz CT molecular complexity index is 3020. The Morgan fingerprint density at radius 1 is 0.426 bits per heavy atom. The van der Waals surface area contributed by atoms with Crippen molar-refractivity contribution >= 4 is 21.8 Å². The van der Waals surface area contributed by atoms with Crippen molar-refractivity contribution in [1.82, 2.24) is 24.5 Å². The monoisotopic (exact) mass is 796 g/mol. The number of hydrogen-bond donors (Lipinski definition) is 0. The van der Waals surface area contributed by atoms with Crippen LogP contribution in [0.2, 0.25) is 0 Å². The first-order valence-corrected chi connectivity index (χ1v) is 19.5.